The molecular weight excluding hydrogens is 439 g/mol. The van der Waals surface area contributed by atoms with E-state index in [1.54, 1.807) is 24.3 Å². The van der Waals surface area contributed by atoms with Crippen LogP contribution in [0.5, 0.6) is 11.5 Å². The fourth-order valence-corrected chi connectivity index (χ4v) is 3.56. The van der Waals surface area contributed by atoms with Gasteiger partial charge in [0.2, 0.25) is 0 Å². The molecular formula is C31H33FO3. The van der Waals surface area contributed by atoms with Crippen molar-refractivity contribution in [2.45, 2.75) is 58.3 Å². The summed E-state index contributed by atoms with van der Waals surface area (Å²) >= 11 is 0. The van der Waals surface area contributed by atoms with Gasteiger partial charge in [0.1, 0.15) is 17.3 Å². The minimum Gasteiger partial charge on any atom is -0.494 e. The van der Waals surface area contributed by atoms with Gasteiger partial charge in [-0.3, -0.25) is 0 Å². The van der Waals surface area contributed by atoms with Crippen molar-refractivity contribution in [1.29, 1.82) is 0 Å². The monoisotopic (exact) mass is 472 g/mol. The zero-order valence-electron chi connectivity index (χ0n) is 20.4. The number of esters is 1. The van der Waals surface area contributed by atoms with Crippen molar-refractivity contribution >= 4 is 5.97 Å². The molecule has 0 bridgehead atoms. The van der Waals surface area contributed by atoms with Gasteiger partial charge in [0.05, 0.1) is 12.2 Å². The number of ether oxygens (including phenoxy) is 2. The van der Waals surface area contributed by atoms with Crippen LogP contribution in [-0.2, 0) is 0 Å². The Hall–Kier alpha value is -3.58. The van der Waals surface area contributed by atoms with Crippen LogP contribution in [-0.4, -0.2) is 12.6 Å². The van der Waals surface area contributed by atoms with Gasteiger partial charge in [-0.2, -0.15) is 0 Å². The highest BCUT2D eigenvalue weighted by atomic mass is 19.1. The summed E-state index contributed by atoms with van der Waals surface area (Å²) in [6.45, 7) is 2.99. The van der Waals surface area contributed by atoms with Crippen LogP contribution in [0, 0.1) is 17.7 Å². The van der Waals surface area contributed by atoms with Gasteiger partial charge in [-0.05, 0) is 79.2 Å². The van der Waals surface area contributed by atoms with E-state index < -0.39 is 5.97 Å². The van der Waals surface area contributed by atoms with Gasteiger partial charge in [-0.1, -0.05) is 63.7 Å². The van der Waals surface area contributed by atoms with E-state index in [0.717, 1.165) is 29.9 Å². The van der Waals surface area contributed by atoms with Crippen molar-refractivity contribution in [2.24, 2.45) is 0 Å². The molecule has 0 aliphatic rings. The SMILES string of the molecule is CCCCCCCCCCOc1ccc(C#Cc2ccc(C(=O)Oc3ccc(F)cc3)cc2)cc1. The second kappa shape index (κ2) is 14.6. The van der Waals surface area contributed by atoms with E-state index in [0.29, 0.717) is 11.3 Å². The smallest absolute Gasteiger partial charge is 0.343 e. The number of carbonyl (C=O) groups excluding carboxylic acids is 1. The first-order chi connectivity index (χ1) is 17.1. The Morgan fingerprint density at radius 3 is 1.80 bits per heavy atom. The maximum absolute atomic E-state index is 13.0. The van der Waals surface area contributed by atoms with E-state index in [4.69, 9.17) is 9.47 Å². The summed E-state index contributed by atoms with van der Waals surface area (Å²) in [6, 6.07) is 20.0. The second-order valence-electron chi connectivity index (χ2n) is 8.52. The number of rotatable bonds is 12. The summed E-state index contributed by atoms with van der Waals surface area (Å²) in [5, 5.41) is 0. The Labute approximate surface area is 208 Å². The second-order valence-corrected chi connectivity index (χ2v) is 8.52. The fourth-order valence-electron chi connectivity index (χ4n) is 3.56. The van der Waals surface area contributed by atoms with Crippen LogP contribution < -0.4 is 9.47 Å². The molecule has 0 fully saturated rings. The third-order valence-electron chi connectivity index (χ3n) is 5.62. The molecule has 0 saturated carbocycles. The van der Waals surface area contributed by atoms with Gasteiger partial charge in [-0.15, -0.1) is 0 Å². The molecule has 0 spiro atoms. The highest BCUT2D eigenvalue weighted by Gasteiger charge is 2.08. The maximum atomic E-state index is 13.0. The Bertz CT molecular complexity index is 1090. The first-order valence-electron chi connectivity index (χ1n) is 12.5. The molecule has 182 valence electrons. The summed E-state index contributed by atoms with van der Waals surface area (Å²) < 4.78 is 24.1. The molecule has 3 aromatic rings. The zero-order chi connectivity index (χ0) is 24.7. The van der Waals surface area contributed by atoms with Crippen molar-refractivity contribution in [3.05, 3.63) is 95.3 Å². The van der Waals surface area contributed by atoms with Gasteiger partial charge >= 0.3 is 5.97 Å². The average Bonchev–Trinajstić information content (AvgIpc) is 2.89. The number of halogens is 1. The van der Waals surface area contributed by atoms with Crippen molar-refractivity contribution < 1.29 is 18.7 Å². The summed E-state index contributed by atoms with van der Waals surface area (Å²) in [5.41, 5.74) is 2.08. The molecule has 4 heteroatoms. The Balaban J connectivity index is 1.40. The molecule has 0 aliphatic heterocycles. The van der Waals surface area contributed by atoms with Gasteiger partial charge in [0.15, 0.2) is 0 Å². The normalized spacial score (nSPS) is 10.3. The van der Waals surface area contributed by atoms with Crippen molar-refractivity contribution in [1.82, 2.24) is 0 Å². The van der Waals surface area contributed by atoms with Gasteiger partial charge in [0, 0.05) is 11.1 Å². The van der Waals surface area contributed by atoms with Crippen LogP contribution in [0.4, 0.5) is 4.39 Å². The summed E-state index contributed by atoms with van der Waals surface area (Å²) in [4.78, 5) is 12.2. The molecule has 3 nitrogen and oxygen atoms in total. The van der Waals surface area contributed by atoms with Gasteiger partial charge in [-0.25, -0.2) is 9.18 Å². The van der Waals surface area contributed by atoms with Gasteiger partial charge < -0.3 is 9.47 Å². The minimum absolute atomic E-state index is 0.297. The van der Waals surface area contributed by atoms with Crippen molar-refractivity contribution in [2.75, 3.05) is 6.61 Å². The quantitative estimate of drug-likeness (QED) is 0.116. The van der Waals surface area contributed by atoms with Crippen molar-refractivity contribution in [3.63, 3.8) is 0 Å². The van der Waals surface area contributed by atoms with Crippen LogP contribution in [0.1, 0.15) is 79.8 Å². The van der Waals surface area contributed by atoms with E-state index in [1.165, 1.54) is 69.2 Å². The predicted molar refractivity (Wildman–Crippen MR) is 138 cm³/mol. The summed E-state index contributed by atoms with van der Waals surface area (Å²) in [6.07, 6.45) is 10.3. The van der Waals surface area contributed by atoms with Crippen LogP contribution in [0.3, 0.4) is 0 Å². The van der Waals surface area contributed by atoms with Crippen LogP contribution in [0.2, 0.25) is 0 Å². The lowest BCUT2D eigenvalue weighted by molar-refractivity contribution is 0.0734. The standard InChI is InChI=1S/C31H33FO3/c1-2-3-4-5-6-7-8-9-24-34-29-20-14-26(15-21-29)11-10-25-12-16-27(17-13-25)31(33)35-30-22-18-28(32)19-23-30/h12-23H,2-9,24H2,1H3. The number of unbranched alkanes of at least 4 members (excludes halogenated alkanes) is 7. The lowest BCUT2D eigenvalue weighted by Crippen LogP contribution is -2.08. The molecule has 0 aliphatic carbocycles. The average molecular weight is 473 g/mol. The molecule has 3 aromatic carbocycles. The van der Waals surface area contributed by atoms with E-state index >= 15 is 0 Å². The number of carbonyl (C=O) groups is 1. The molecule has 0 radical (unpaired) electrons. The first kappa shape index (κ1) is 26.0. The third-order valence-corrected chi connectivity index (χ3v) is 5.62. The largest absolute Gasteiger partial charge is 0.494 e. The number of hydrogen-bond acceptors (Lipinski definition) is 3. The Kier molecular flexibility index (Phi) is 10.9. The highest BCUT2D eigenvalue weighted by Crippen LogP contribution is 2.15. The zero-order valence-corrected chi connectivity index (χ0v) is 20.4. The van der Waals surface area contributed by atoms with E-state index in [1.807, 2.05) is 24.3 Å². The third kappa shape index (κ3) is 9.66. The number of hydrogen-bond donors (Lipinski definition) is 0. The van der Waals surface area contributed by atoms with Gasteiger partial charge in [0.25, 0.3) is 0 Å². The molecule has 0 saturated heterocycles. The molecule has 0 N–H and O–H groups in total. The van der Waals surface area contributed by atoms with Crippen LogP contribution in [0.15, 0.2) is 72.8 Å². The van der Waals surface area contributed by atoms with Crippen LogP contribution >= 0.6 is 0 Å². The fraction of sp³-hybridized carbons (Fsp3) is 0.323. The molecule has 0 amide bonds. The topological polar surface area (TPSA) is 35.5 Å². The maximum Gasteiger partial charge on any atom is 0.343 e. The molecule has 35 heavy (non-hydrogen) atoms. The summed E-state index contributed by atoms with van der Waals surface area (Å²) in [5.74, 6) is 6.51. The Morgan fingerprint density at radius 1 is 0.686 bits per heavy atom. The van der Waals surface area contributed by atoms with E-state index in [9.17, 15) is 9.18 Å². The minimum atomic E-state index is -0.501. The molecule has 0 heterocycles. The molecule has 0 atom stereocenters. The highest BCUT2D eigenvalue weighted by molar-refractivity contribution is 5.91. The lowest BCUT2D eigenvalue weighted by atomic mass is 10.1. The van der Waals surface area contributed by atoms with E-state index in [-0.39, 0.29) is 5.82 Å². The predicted octanol–water partition coefficient (Wildman–Crippen LogP) is 7.96. The molecule has 0 unspecified atom stereocenters. The Morgan fingerprint density at radius 2 is 1.20 bits per heavy atom. The first-order valence-corrected chi connectivity index (χ1v) is 12.5. The number of benzene rings is 3. The molecule has 0 aromatic heterocycles. The van der Waals surface area contributed by atoms with Crippen molar-refractivity contribution in [3.8, 4) is 23.3 Å². The summed E-state index contributed by atoms with van der Waals surface area (Å²) in [7, 11) is 0. The lowest BCUT2D eigenvalue weighted by Gasteiger charge is -2.06. The molecule has 3 rings (SSSR count). The van der Waals surface area contributed by atoms with Crippen LogP contribution in [0.25, 0.3) is 0 Å². The van der Waals surface area contributed by atoms with E-state index in [2.05, 4.69) is 18.8 Å².